The van der Waals surface area contributed by atoms with Crippen LogP contribution in [0.25, 0.3) is 10.9 Å². The molecule has 0 spiro atoms. The Bertz CT molecular complexity index is 940. The van der Waals surface area contributed by atoms with Crippen molar-refractivity contribution >= 4 is 28.4 Å². The Kier molecular flexibility index (Phi) is 5.03. The number of carbonyl (C=O) groups excluding carboxylic acids is 1. The Hall–Kier alpha value is -2.74. The Morgan fingerprint density at radius 3 is 2.85 bits per heavy atom. The number of amides is 1. The number of rotatable bonds is 5. The molecule has 0 bridgehead atoms. The molecule has 0 saturated heterocycles. The highest BCUT2D eigenvalue weighted by atomic mass is 35.5. The summed E-state index contributed by atoms with van der Waals surface area (Å²) in [5, 5.41) is 3.95. The van der Waals surface area contributed by atoms with Gasteiger partial charge in [0.25, 0.3) is 5.91 Å². The van der Waals surface area contributed by atoms with Gasteiger partial charge < -0.3 is 15.0 Å². The van der Waals surface area contributed by atoms with Gasteiger partial charge in [0.1, 0.15) is 5.69 Å². The molecule has 0 aliphatic rings. The fourth-order valence-electron chi connectivity index (χ4n) is 2.34. The molecule has 2 aromatic heterocycles. The molecule has 136 valence electrons. The monoisotopic (exact) mass is 383 g/mol. The number of fused-ring (bicyclic) bond motifs is 1. The van der Waals surface area contributed by atoms with Crippen molar-refractivity contribution in [3.05, 3.63) is 58.9 Å². The number of ether oxygens (including phenoxy) is 1. The van der Waals surface area contributed by atoms with Gasteiger partial charge in [0.2, 0.25) is 5.88 Å². The van der Waals surface area contributed by atoms with Crippen molar-refractivity contribution in [1.29, 1.82) is 0 Å². The smallest absolute Gasteiger partial charge is 0.422 e. The summed E-state index contributed by atoms with van der Waals surface area (Å²) >= 11 is 5.91. The van der Waals surface area contributed by atoms with E-state index in [1.165, 1.54) is 12.3 Å². The van der Waals surface area contributed by atoms with Gasteiger partial charge in [0.15, 0.2) is 6.61 Å². The number of pyridine rings is 1. The number of nitrogens with one attached hydrogen (secondary N) is 2. The molecule has 1 amide bonds. The number of alkyl halides is 3. The van der Waals surface area contributed by atoms with Crippen LogP contribution in [0.4, 0.5) is 13.2 Å². The predicted molar refractivity (Wildman–Crippen MR) is 90.3 cm³/mol. The summed E-state index contributed by atoms with van der Waals surface area (Å²) in [5.74, 6) is -0.587. The lowest BCUT2D eigenvalue weighted by atomic mass is 10.2. The number of halogens is 4. The molecule has 3 rings (SSSR count). The molecule has 0 aliphatic carbocycles. The highest BCUT2D eigenvalue weighted by molar-refractivity contribution is 6.31. The van der Waals surface area contributed by atoms with Gasteiger partial charge in [-0.3, -0.25) is 4.79 Å². The first-order valence-electron chi connectivity index (χ1n) is 7.52. The first-order valence-corrected chi connectivity index (χ1v) is 7.89. The molecule has 26 heavy (non-hydrogen) atoms. The molecular weight excluding hydrogens is 371 g/mol. The normalized spacial score (nSPS) is 11.5. The van der Waals surface area contributed by atoms with Crippen molar-refractivity contribution in [2.75, 3.05) is 6.61 Å². The maximum Gasteiger partial charge on any atom is 0.422 e. The van der Waals surface area contributed by atoms with Crippen LogP contribution in [-0.2, 0) is 6.54 Å². The van der Waals surface area contributed by atoms with Crippen LogP contribution in [0.5, 0.6) is 5.88 Å². The predicted octanol–water partition coefficient (Wildman–Crippen LogP) is 4.09. The van der Waals surface area contributed by atoms with Gasteiger partial charge in [-0.2, -0.15) is 13.2 Å². The van der Waals surface area contributed by atoms with E-state index in [1.807, 2.05) is 0 Å². The molecule has 2 heterocycles. The van der Waals surface area contributed by atoms with Crippen LogP contribution < -0.4 is 10.1 Å². The molecule has 0 radical (unpaired) electrons. The van der Waals surface area contributed by atoms with Crippen molar-refractivity contribution < 1.29 is 22.7 Å². The molecule has 0 unspecified atom stereocenters. The fourth-order valence-corrected chi connectivity index (χ4v) is 2.52. The maximum absolute atomic E-state index is 12.3. The molecule has 0 atom stereocenters. The average molecular weight is 384 g/mol. The van der Waals surface area contributed by atoms with Crippen LogP contribution in [0.3, 0.4) is 0 Å². The first kappa shape index (κ1) is 18.1. The molecular formula is C17H13ClF3N3O2. The SMILES string of the molecule is O=C(NCc1cccnc1OCC(F)(F)F)c1cc2cc(Cl)ccc2[nH]1. The summed E-state index contributed by atoms with van der Waals surface area (Å²) in [5.41, 5.74) is 1.39. The summed E-state index contributed by atoms with van der Waals surface area (Å²) < 4.78 is 41.6. The van der Waals surface area contributed by atoms with Crippen molar-refractivity contribution in [2.24, 2.45) is 0 Å². The number of H-pyrrole nitrogens is 1. The van der Waals surface area contributed by atoms with Crippen molar-refractivity contribution in [3.63, 3.8) is 0 Å². The molecule has 0 saturated carbocycles. The third kappa shape index (κ3) is 4.45. The highest BCUT2D eigenvalue weighted by Crippen LogP contribution is 2.21. The van der Waals surface area contributed by atoms with E-state index in [9.17, 15) is 18.0 Å². The highest BCUT2D eigenvalue weighted by Gasteiger charge is 2.29. The molecule has 9 heteroatoms. The fraction of sp³-hybridized carbons (Fsp3) is 0.176. The van der Waals surface area contributed by atoms with Crippen molar-refractivity contribution in [1.82, 2.24) is 15.3 Å². The van der Waals surface area contributed by atoms with Crippen LogP contribution in [0.15, 0.2) is 42.6 Å². The summed E-state index contributed by atoms with van der Waals surface area (Å²) in [7, 11) is 0. The quantitative estimate of drug-likeness (QED) is 0.697. The zero-order valence-electron chi connectivity index (χ0n) is 13.2. The van der Waals surface area contributed by atoms with E-state index >= 15 is 0 Å². The van der Waals surface area contributed by atoms with Crippen LogP contribution in [0, 0.1) is 0 Å². The van der Waals surface area contributed by atoms with Crippen molar-refractivity contribution in [3.8, 4) is 5.88 Å². The van der Waals surface area contributed by atoms with E-state index in [0.29, 0.717) is 16.3 Å². The van der Waals surface area contributed by atoms with Gasteiger partial charge in [-0.1, -0.05) is 17.7 Å². The first-order chi connectivity index (χ1) is 12.3. The van der Waals surface area contributed by atoms with Crippen LogP contribution >= 0.6 is 11.6 Å². The van der Waals surface area contributed by atoms with E-state index in [2.05, 4.69) is 15.3 Å². The minimum Gasteiger partial charge on any atom is -0.468 e. The number of hydrogen-bond donors (Lipinski definition) is 2. The number of aromatic amines is 1. The summed E-state index contributed by atoms with van der Waals surface area (Å²) in [6.07, 6.45) is -3.15. The minimum absolute atomic E-state index is 0.0318. The van der Waals surface area contributed by atoms with Crippen molar-refractivity contribution in [2.45, 2.75) is 12.7 Å². The molecule has 0 aliphatic heterocycles. The summed E-state index contributed by atoms with van der Waals surface area (Å²) in [6, 6.07) is 9.88. The second-order valence-electron chi connectivity index (χ2n) is 5.47. The molecule has 5 nitrogen and oxygen atoms in total. The van der Waals surface area contributed by atoms with Gasteiger partial charge in [-0.05, 0) is 30.3 Å². The minimum atomic E-state index is -4.47. The largest absolute Gasteiger partial charge is 0.468 e. The lowest BCUT2D eigenvalue weighted by Gasteiger charge is -2.12. The Labute approximate surface area is 151 Å². The standard InChI is InChI=1S/C17H13ClF3N3O2/c18-12-3-4-13-11(6-12)7-14(24-13)15(25)23-8-10-2-1-5-22-16(10)26-9-17(19,20)21/h1-7,24H,8-9H2,(H,23,25). The Morgan fingerprint density at radius 2 is 2.08 bits per heavy atom. The van der Waals surface area contributed by atoms with E-state index in [0.717, 1.165) is 10.9 Å². The molecule has 1 aromatic carbocycles. The van der Waals surface area contributed by atoms with Crippen LogP contribution in [-0.4, -0.2) is 28.7 Å². The van der Waals surface area contributed by atoms with E-state index in [1.54, 1.807) is 30.3 Å². The molecule has 2 N–H and O–H groups in total. The van der Waals surface area contributed by atoms with E-state index in [4.69, 9.17) is 16.3 Å². The average Bonchev–Trinajstić information content (AvgIpc) is 3.01. The zero-order chi connectivity index (χ0) is 18.7. The third-order valence-corrected chi connectivity index (χ3v) is 3.72. The summed E-state index contributed by atoms with van der Waals surface area (Å²) in [4.78, 5) is 19.0. The lowest BCUT2D eigenvalue weighted by molar-refractivity contribution is -0.154. The second-order valence-corrected chi connectivity index (χ2v) is 5.91. The van der Waals surface area contributed by atoms with E-state index in [-0.39, 0.29) is 12.4 Å². The number of carbonyl (C=O) groups is 1. The van der Waals surface area contributed by atoms with Gasteiger partial charge in [-0.15, -0.1) is 0 Å². The topological polar surface area (TPSA) is 67.0 Å². The number of nitrogens with zero attached hydrogens (tertiary/aromatic N) is 1. The van der Waals surface area contributed by atoms with Gasteiger partial charge in [0, 0.05) is 34.2 Å². The number of aromatic nitrogens is 2. The van der Waals surface area contributed by atoms with Crippen LogP contribution in [0.1, 0.15) is 16.1 Å². The lowest BCUT2D eigenvalue weighted by Crippen LogP contribution is -2.24. The van der Waals surface area contributed by atoms with Gasteiger partial charge >= 0.3 is 6.18 Å². The zero-order valence-corrected chi connectivity index (χ0v) is 14.0. The van der Waals surface area contributed by atoms with E-state index < -0.39 is 18.7 Å². The number of benzene rings is 1. The Morgan fingerprint density at radius 1 is 1.27 bits per heavy atom. The summed E-state index contributed by atoms with van der Waals surface area (Å²) in [6.45, 7) is -1.48. The number of hydrogen-bond acceptors (Lipinski definition) is 3. The Balaban J connectivity index is 1.69. The van der Waals surface area contributed by atoms with Crippen LogP contribution in [0.2, 0.25) is 5.02 Å². The molecule has 3 aromatic rings. The third-order valence-electron chi connectivity index (χ3n) is 3.49. The molecule has 0 fully saturated rings. The van der Waals surface area contributed by atoms with Gasteiger partial charge in [0.05, 0.1) is 0 Å². The maximum atomic E-state index is 12.3. The second kappa shape index (κ2) is 7.25. The van der Waals surface area contributed by atoms with Gasteiger partial charge in [-0.25, -0.2) is 4.98 Å².